The van der Waals surface area contributed by atoms with Crippen molar-refractivity contribution in [3.05, 3.63) is 33.3 Å². The number of hydrogen-bond acceptors (Lipinski definition) is 2. The summed E-state index contributed by atoms with van der Waals surface area (Å²) in [5.74, 6) is 5.36. The number of nitrogens with one attached hydrogen (secondary N) is 1. The molecule has 1 aromatic rings. The molecule has 0 aromatic heterocycles. The van der Waals surface area contributed by atoms with Gasteiger partial charge in [0.2, 0.25) is 0 Å². The van der Waals surface area contributed by atoms with Crippen LogP contribution < -0.4 is 11.3 Å². The molecule has 1 rings (SSSR count). The van der Waals surface area contributed by atoms with Crippen LogP contribution in [-0.2, 0) is 0 Å². The van der Waals surface area contributed by atoms with E-state index in [2.05, 4.69) is 21.4 Å². The highest BCUT2D eigenvalue weighted by Crippen LogP contribution is 2.29. The molecule has 0 saturated carbocycles. The van der Waals surface area contributed by atoms with Crippen LogP contribution >= 0.6 is 27.5 Å². The zero-order chi connectivity index (χ0) is 13.8. The zero-order valence-electron chi connectivity index (χ0n) is 9.40. The molecule has 7 heteroatoms. The molecule has 0 aliphatic heterocycles. The largest absolute Gasteiger partial charge is 0.389 e. The fourth-order valence-electron chi connectivity index (χ4n) is 1.58. The minimum absolute atomic E-state index is 0.0199. The van der Waals surface area contributed by atoms with Crippen molar-refractivity contribution in [3.8, 4) is 0 Å². The summed E-state index contributed by atoms with van der Waals surface area (Å²) in [7, 11) is 0. The minimum Gasteiger partial charge on any atom is -0.271 e. The van der Waals surface area contributed by atoms with Gasteiger partial charge in [-0.3, -0.25) is 11.3 Å². The van der Waals surface area contributed by atoms with Gasteiger partial charge in [0, 0.05) is 16.9 Å². The Morgan fingerprint density at radius 1 is 1.39 bits per heavy atom. The fourth-order valence-corrected chi connectivity index (χ4v) is 2.02. The predicted octanol–water partition coefficient (Wildman–Crippen LogP) is 4.34. The smallest absolute Gasteiger partial charge is 0.271 e. The van der Waals surface area contributed by atoms with Crippen LogP contribution in [0.15, 0.2) is 22.7 Å². The molecule has 18 heavy (non-hydrogen) atoms. The monoisotopic (exact) mass is 344 g/mol. The first-order valence-corrected chi connectivity index (χ1v) is 6.48. The van der Waals surface area contributed by atoms with Crippen molar-refractivity contribution in [2.45, 2.75) is 31.5 Å². The number of hydrogen-bond donors (Lipinski definition) is 2. The Morgan fingerprint density at radius 2 is 2.06 bits per heavy atom. The molecule has 0 aliphatic rings. The van der Waals surface area contributed by atoms with Crippen LogP contribution in [0.4, 0.5) is 13.2 Å². The molecular weight excluding hydrogens is 332 g/mol. The summed E-state index contributed by atoms with van der Waals surface area (Å²) < 4.78 is 36.9. The van der Waals surface area contributed by atoms with E-state index in [1.165, 1.54) is 0 Å². The van der Waals surface area contributed by atoms with Crippen molar-refractivity contribution >= 4 is 27.5 Å². The molecule has 1 aromatic carbocycles. The maximum atomic E-state index is 12.1. The first-order chi connectivity index (χ1) is 8.33. The molecular formula is C11H13BrClF3N2. The van der Waals surface area contributed by atoms with Crippen molar-refractivity contribution in [2.24, 2.45) is 5.84 Å². The summed E-state index contributed by atoms with van der Waals surface area (Å²) in [5, 5.41) is 0.503. The van der Waals surface area contributed by atoms with Gasteiger partial charge in [0.05, 0.1) is 5.02 Å². The zero-order valence-corrected chi connectivity index (χ0v) is 11.7. The molecule has 3 N–H and O–H groups in total. The highest BCUT2D eigenvalue weighted by atomic mass is 79.9. The van der Waals surface area contributed by atoms with Gasteiger partial charge in [0.1, 0.15) is 0 Å². The maximum absolute atomic E-state index is 12.1. The van der Waals surface area contributed by atoms with Crippen LogP contribution in [0, 0.1) is 0 Å². The van der Waals surface area contributed by atoms with Gasteiger partial charge in [0.15, 0.2) is 0 Å². The summed E-state index contributed by atoms with van der Waals surface area (Å²) in [6.07, 6.45) is -4.62. The highest BCUT2D eigenvalue weighted by molar-refractivity contribution is 9.10. The van der Waals surface area contributed by atoms with Gasteiger partial charge in [-0.05, 0) is 46.5 Å². The van der Waals surface area contributed by atoms with E-state index < -0.39 is 12.6 Å². The van der Waals surface area contributed by atoms with Crippen LogP contribution in [-0.4, -0.2) is 6.18 Å². The Balaban J connectivity index is 2.63. The van der Waals surface area contributed by atoms with E-state index in [0.29, 0.717) is 11.4 Å². The standard InChI is InChI=1S/C11H13BrClF3N2/c12-8-4-3-7(6-9(8)13)10(18-17)2-1-5-11(14,15)16/h3-4,6,10,18H,1-2,5,17H2. The second-order valence-electron chi connectivity index (χ2n) is 3.90. The summed E-state index contributed by atoms with van der Waals surface area (Å²) >= 11 is 9.17. The minimum atomic E-state index is -4.13. The van der Waals surface area contributed by atoms with Crippen LogP contribution in [0.5, 0.6) is 0 Å². The Morgan fingerprint density at radius 3 is 2.56 bits per heavy atom. The Kier molecular flexibility index (Phi) is 5.91. The van der Waals surface area contributed by atoms with E-state index in [4.69, 9.17) is 17.4 Å². The van der Waals surface area contributed by atoms with E-state index in [0.717, 1.165) is 10.0 Å². The van der Waals surface area contributed by atoms with Crippen LogP contribution in [0.1, 0.15) is 30.9 Å². The quantitative estimate of drug-likeness (QED) is 0.615. The first kappa shape index (κ1) is 15.8. The van der Waals surface area contributed by atoms with Crippen molar-refractivity contribution < 1.29 is 13.2 Å². The molecule has 0 amide bonds. The Bertz CT molecular complexity index is 398. The lowest BCUT2D eigenvalue weighted by Crippen LogP contribution is -2.28. The average molecular weight is 346 g/mol. The van der Waals surface area contributed by atoms with E-state index in [-0.39, 0.29) is 12.5 Å². The van der Waals surface area contributed by atoms with Crippen molar-refractivity contribution in [3.63, 3.8) is 0 Å². The second-order valence-corrected chi connectivity index (χ2v) is 5.16. The van der Waals surface area contributed by atoms with Gasteiger partial charge < -0.3 is 0 Å². The molecule has 2 nitrogen and oxygen atoms in total. The average Bonchev–Trinajstić information content (AvgIpc) is 2.27. The number of rotatable bonds is 5. The molecule has 1 unspecified atom stereocenters. The van der Waals surface area contributed by atoms with Gasteiger partial charge in [-0.1, -0.05) is 17.7 Å². The van der Waals surface area contributed by atoms with E-state index in [1.807, 2.05) is 0 Å². The normalized spacial score (nSPS) is 13.7. The summed E-state index contributed by atoms with van der Waals surface area (Å²) in [5.41, 5.74) is 3.28. The molecule has 0 fully saturated rings. The number of benzene rings is 1. The third-order valence-corrected chi connectivity index (χ3v) is 3.73. The van der Waals surface area contributed by atoms with Gasteiger partial charge in [-0.25, -0.2) is 0 Å². The van der Waals surface area contributed by atoms with Crippen molar-refractivity contribution in [2.75, 3.05) is 0 Å². The Hall–Kier alpha value is -0.300. The molecule has 0 radical (unpaired) electrons. The Labute approximate surface area is 117 Å². The number of alkyl halides is 3. The lowest BCUT2D eigenvalue weighted by atomic mass is 10.0. The predicted molar refractivity (Wildman–Crippen MR) is 69.1 cm³/mol. The SMILES string of the molecule is NNC(CCCC(F)(F)F)c1ccc(Br)c(Cl)c1. The van der Waals surface area contributed by atoms with Crippen LogP contribution in [0.3, 0.4) is 0 Å². The maximum Gasteiger partial charge on any atom is 0.389 e. The molecule has 0 aliphatic carbocycles. The summed E-state index contributed by atoms with van der Waals surface area (Å²) in [4.78, 5) is 0. The van der Waals surface area contributed by atoms with E-state index in [1.54, 1.807) is 18.2 Å². The molecule has 102 valence electrons. The van der Waals surface area contributed by atoms with Crippen molar-refractivity contribution in [1.82, 2.24) is 5.43 Å². The van der Waals surface area contributed by atoms with Crippen LogP contribution in [0.2, 0.25) is 5.02 Å². The third kappa shape index (κ3) is 5.14. The second kappa shape index (κ2) is 6.75. The van der Waals surface area contributed by atoms with Crippen LogP contribution in [0.25, 0.3) is 0 Å². The summed E-state index contributed by atoms with van der Waals surface area (Å²) in [6.45, 7) is 0. The van der Waals surface area contributed by atoms with Crippen molar-refractivity contribution in [1.29, 1.82) is 0 Å². The number of hydrazine groups is 1. The van der Waals surface area contributed by atoms with Gasteiger partial charge >= 0.3 is 6.18 Å². The number of halogens is 5. The summed E-state index contributed by atoms with van der Waals surface area (Å²) in [6, 6.07) is 4.86. The molecule has 0 bridgehead atoms. The lowest BCUT2D eigenvalue weighted by Gasteiger charge is -2.17. The van der Waals surface area contributed by atoms with E-state index >= 15 is 0 Å². The van der Waals surface area contributed by atoms with Gasteiger partial charge in [0.25, 0.3) is 0 Å². The van der Waals surface area contributed by atoms with E-state index in [9.17, 15) is 13.2 Å². The lowest BCUT2D eigenvalue weighted by molar-refractivity contribution is -0.135. The number of nitrogens with two attached hydrogens (primary N) is 1. The highest BCUT2D eigenvalue weighted by Gasteiger charge is 2.26. The van der Waals surface area contributed by atoms with Gasteiger partial charge in [-0.2, -0.15) is 13.2 Å². The first-order valence-electron chi connectivity index (χ1n) is 5.31. The molecule has 1 atom stereocenters. The molecule has 0 heterocycles. The van der Waals surface area contributed by atoms with Gasteiger partial charge in [-0.15, -0.1) is 0 Å². The molecule has 0 saturated heterocycles. The molecule has 0 spiro atoms. The third-order valence-electron chi connectivity index (χ3n) is 2.50. The fraction of sp³-hybridized carbons (Fsp3) is 0.455. The topological polar surface area (TPSA) is 38.0 Å².